The third kappa shape index (κ3) is 4.33. The second-order valence-corrected chi connectivity index (χ2v) is 15.1. The minimum absolute atomic E-state index is 0.0306. The molecular weight excluding hydrogens is 542 g/mol. The van der Waals surface area contributed by atoms with E-state index >= 15 is 0 Å². The van der Waals surface area contributed by atoms with Crippen LogP contribution in [-0.2, 0) is 33.9 Å². The summed E-state index contributed by atoms with van der Waals surface area (Å²) in [5.74, 6) is -1.11. The second kappa shape index (κ2) is 8.33. The van der Waals surface area contributed by atoms with E-state index in [1.54, 1.807) is 0 Å². The lowest BCUT2D eigenvalue weighted by atomic mass is 9.48. The molecule has 0 aromatic rings. The maximum Gasteiger partial charge on any atom is 0.465 e. The molecule has 3 N–H and O–H groups in total. The van der Waals surface area contributed by atoms with Gasteiger partial charge in [0.2, 0.25) is 0 Å². The van der Waals surface area contributed by atoms with E-state index in [9.17, 15) is 37.0 Å². The first-order valence-corrected chi connectivity index (χ1v) is 15.3. The number of alkyl halides is 2. The van der Waals surface area contributed by atoms with Gasteiger partial charge in [-0.15, -0.1) is 0 Å². The van der Waals surface area contributed by atoms with E-state index in [1.165, 1.54) is 6.42 Å². The van der Waals surface area contributed by atoms with E-state index in [4.69, 9.17) is 18.8 Å². The first-order chi connectivity index (χ1) is 17.9. The number of ether oxygens (including phenoxy) is 3. The van der Waals surface area contributed by atoms with Crippen molar-refractivity contribution in [3.05, 3.63) is 0 Å². The number of hydrogen-bond acceptors (Lipinski definition) is 9. The van der Waals surface area contributed by atoms with Gasteiger partial charge in [0, 0.05) is 38.5 Å². The monoisotopic (exact) mass is 578 g/mol. The summed E-state index contributed by atoms with van der Waals surface area (Å²) in [7, 11) is -6.11. The topological polar surface area (TPSA) is 157 Å². The van der Waals surface area contributed by atoms with Gasteiger partial charge in [0.25, 0.3) is 0 Å². The van der Waals surface area contributed by atoms with Gasteiger partial charge in [-0.1, -0.05) is 6.92 Å². The number of carbonyl (C=O) groups is 2. The van der Waals surface area contributed by atoms with Crippen LogP contribution in [0.25, 0.3) is 0 Å². The Hall–Kier alpha value is -1.41. The molecule has 8 bridgehead atoms. The van der Waals surface area contributed by atoms with Crippen molar-refractivity contribution >= 4 is 22.1 Å². The van der Waals surface area contributed by atoms with Crippen molar-refractivity contribution in [3.8, 4) is 0 Å². The molecule has 0 aromatic heterocycles. The molecule has 8 rings (SSSR count). The molecule has 39 heavy (non-hydrogen) atoms. The molecule has 8 fully saturated rings. The van der Waals surface area contributed by atoms with Crippen LogP contribution >= 0.6 is 0 Å². The fraction of sp³-hybridized carbons (Fsp3) is 0.923. The molecule has 220 valence electrons. The lowest BCUT2D eigenvalue weighted by Crippen LogP contribution is -2.73. The van der Waals surface area contributed by atoms with Crippen LogP contribution in [0.15, 0.2) is 0 Å². The Bertz CT molecular complexity index is 1140. The van der Waals surface area contributed by atoms with Crippen LogP contribution in [0, 0.1) is 23.7 Å². The van der Waals surface area contributed by atoms with Crippen molar-refractivity contribution in [1.82, 2.24) is 0 Å². The molecule has 0 aliphatic heterocycles. The molecule has 0 saturated heterocycles. The fourth-order valence-corrected chi connectivity index (χ4v) is 10.5. The van der Waals surface area contributed by atoms with Crippen molar-refractivity contribution < 1.29 is 55.8 Å². The summed E-state index contributed by atoms with van der Waals surface area (Å²) >= 11 is 0. The van der Waals surface area contributed by atoms with Crippen molar-refractivity contribution in [2.75, 3.05) is 6.61 Å². The van der Waals surface area contributed by atoms with Gasteiger partial charge in [-0.3, -0.25) is 4.55 Å². The number of rotatable bonds is 8. The minimum atomic E-state index is -6.11. The highest BCUT2D eigenvalue weighted by molar-refractivity contribution is 7.87. The van der Waals surface area contributed by atoms with Crippen LogP contribution in [0.3, 0.4) is 0 Å². The molecule has 0 aromatic carbocycles. The molecule has 2 atom stereocenters. The lowest BCUT2D eigenvalue weighted by molar-refractivity contribution is -0.313. The predicted octanol–water partition coefficient (Wildman–Crippen LogP) is 2.50. The highest BCUT2D eigenvalue weighted by Crippen LogP contribution is 2.64. The van der Waals surface area contributed by atoms with Gasteiger partial charge in [0.1, 0.15) is 17.8 Å². The molecule has 10 nitrogen and oxygen atoms in total. The van der Waals surface area contributed by atoms with E-state index in [0.717, 1.165) is 25.7 Å². The van der Waals surface area contributed by atoms with Gasteiger partial charge in [0.15, 0.2) is 0 Å². The Balaban J connectivity index is 1.19. The van der Waals surface area contributed by atoms with E-state index in [2.05, 4.69) is 0 Å². The van der Waals surface area contributed by atoms with E-state index in [1.807, 2.05) is 6.92 Å². The Labute approximate surface area is 225 Å². The average Bonchev–Trinajstić information content (AvgIpc) is 2.76. The van der Waals surface area contributed by atoms with E-state index in [0.29, 0.717) is 30.1 Å². The maximum atomic E-state index is 14.0. The summed E-state index contributed by atoms with van der Waals surface area (Å²) in [6, 6.07) is 0. The first kappa shape index (κ1) is 27.7. The van der Waals surface area contributed by atoms with Crippen LogP contribution in [0.5, 0.6) is 0 Å². The molecule has 13 heteroatoms. The van der Waals surface area contributed by atoms with Crippen LogP contribution in [0.1, 0.15) is 84.0 Å². The Morgan fingerprint density at radius 1 is 0.846 bits per heavy atom. The summed E-state index contributed by atoms with van der Waals surface area (Å²) in [6.45, 7) is 1.53. The molecule has 2 unspecified atom stereocenters. The lowest BCUT2D eigenvalue weighted by Gasteiger charge is -2.66. The summed E-state index contributed by atoms with van der Waals surface area (Å²) in [4.78, 5) is 25.4. The zero-order valence-electron chi connectivity index (χ0n) is 21.9. The zero-order chi connectivity index (χ0) is 28.3. The van der Waals surface area contributed by atoms with E-state index in [-0.39, 0.29) is 38.5 Å². The van der Waals surface area contributed by atoms with Crippen molar-refractivity contribution in [3.63, 3.8) is 0 Å². The normalized spacial score (nSPS) is 47.8. The molecule has 0 amide bonds. The van der Waals surface area contributed by atoms with Crippen LogP contribution in [0.4, 0.5) is 8.78 Å². The molecule has 8 saturated carbocycles. The second-order valence-electron chi connectivity index (χ2n) is 13.6. The molecule has 0 radical (unpaired) electrons. The van der Waals surface area contributed by atoms with Crippen molar-refractivity contribution in [2.45, 2.75) is 117 Å². The molecule has 0 spiro atoms. The number of esters is 2. The quantitative estimate of drug-likeness (QED) is 0.289. The third-order valence-corrected chi connectivity index (χ3v) is 11.5. The number of halogens is 2. The molecular formula is C26H36F2O10S. The van der Waals surface area contributed by atoms with Crippen LogP contribution in [0.2, 0.25) is 0 Å². The van der Waals surface area contributed by atoms with Crippen molar-refractivity contribution in [2.24, 2.45) is 23.7 Å². The van der Waals surface area contributed by atoms with Gasteiger partial charge < -0.3 is 24.4 Å². The maximum absolute atomic E-state index is 14.0. The number of carbonyl (C=O) groups excluding carboxylic acids is 2. The average molecular weight is 579 g/mol. The first-order valence-electron chi connectivity index (χ1n) is 13.8. The Kier molecular flexibility index (Phi) is 5.93. The minimum Gasteiger partial charge on any atom is -0.457 e. The van der Waals surface area contributed by atoms with Crippen LogP contribution in [-0.4, -0.2) is 75.0 Å². The largest absolute Gasteiger partial charge is 0.465 e. The number of hydrogen-bond donors (Lipinski definition) is 3. The van der Waals surface area contributed by atoms with E-state index < -0.39 is 61.9 Å². The van der Waals surface area contributed by atoms with Gasteiger partial charge in [-0.2, -0.15) is 17.2 Å². The molecule has 8 aliphatic carbocycles. The molecule has 0 heterocycles. The van der Waals surface area contributed by atoms with Gasteiger partial charge in [0.05, 0.1) is 16.8 Å². The standard InChI is InChI=1S/C26H36F2O10S/c1-2-25(17-4-15-3-16(6-17)7-18(25)5-15)37-19(29)8-36-23-10-21(31)9-22(32,11-23)13-24(12-21,14-23)38-20(30)26(27,28)39(33,34)35/h15-18,31-32H,2-14H2,1H3,(H,33,34,35). The van der Waals surface area contributed by atoms with Crippen LogP contribution < -0.4 is 0 Å². The summed E-state index contributed by atoms with van der Waals surface area (Å²) in [6.07, 6.45) is 5.05. The zero-order valence-corrected chi connectivity index (χ0v) is 22.7. The highest BCUT2D eigenvalue weighted by Gasteiger charge is 2.71. The summed E-state index contributed by atoms with van der Waals surface area (Å²) < 4.78 is 76.3. The number of aliphatic hydroxyl groups is 2. The van der Waals surface area contributed by atoms with Crippen molar-refractivity contribution in [1.29, 1.82) is 0 Å². The smallest absolute Gasteiger partial charge is 0.457 e. The third-order valence-electron chi connectivity index (χ3n) is 10.7. The fourth-order valence-electron chi connectivity index (χ4n) is 10.2. The highest BCUT2D eigenvalue weighted by atomic mass is 32.2. The summed E-state index contributed by atoms with van der Waals surface area (Å²) in [5.41, 5.74) is -7.14. The molecule has 8 aliphatic rings. The Morgan fingerprint density at radius 3 is 1.85 bits per heavy atom. The van der Waals surface area contributed by atoms with Gasteiger partial charge >= 0.3 is 27.3 Å². The predicted molar refractivity (Wildman–Crippen MR) is 128 cm³/mol. The van der Waals surface area contributed by atoms with Gasteiger partial charge in [-0.05, 0) is 62.2 Å². The SMILES string of the molecule is CCC1(OC(=O)COC23CC4(O)CC(O)(C2)CC(OC(=O)C(F)(F)S(=O)(=O)O)(C4)C3)C2CC3CC(C2)CC1C3. The van der Waals surface area contributed by atoms with Gasteiger partial charge in [-0.25, -0.2) is 9.59 Å². The Morgan fingerprint density at radius 2 is 1.36 bits per heavy atom. The summed E-state index contributed by atoms with van der Waals surface area (Å²) in [5, 5.41) is 17.2.